The quantitative estimate of drug-likeness (QED) is 0.0222. The highest BCUT2D eigenvalue weighted by Crippen LogP contribution is 2.45. The number of hydrogen-bond donors (Lipinski definition) is 3. The van der Waals surface area contributed by atoms with E-state index in [0.29, 0.717) is 31.6 Å². The summed E-state index contributed by atoms with van der Waals surface area (Å²) < 4.78 is 68.3. The Morgan fingerprint density at radius 2 is 0.489 bits per heavy atom. The second-order valence-corrected chi connectivity index (χ2v) is 30.4. The van der Waals surface area contributed by atoms with Gasteiger partial charge in [0, 0.05) is 25.7 Å². The average molecular weight is 1380 g/mol. The van der Waals surface area contributed by atoms with Gasteiger partial charge in [-0.2, -0.15) is 0 Å². The number of phosphoric ester groups is 2. The number of rotatable bonds is 75. The zero-order valence-corrected chi connectivity index (χ0v) is 62.9. The summed E-state index contributed by atoms with van der Waals surface area (Å²) in [5.41, 5.74) is 0. The maximum atomic E-state index is 13.1. The maximum Gasteiger partial charge on any atom is 0.472 e. The molecule has 0 spiro atoms. The summed E-state index contributed by atoms with van der Waals surface area (Å²) in [6, 6.07) is 0. The van der Waals surface area contributed by atoms with Crippen LogP contribution in [0.25, 0.3) is 0 Å². The van der Waals surface area contributed by atoms with Crippen molar-refractivity contribution < 1.29 is 80.2 Å². The number of hydrogen-bond acceptors (Lipinski definition) is 15. The van der Waals surface area contributed by atoms with Crippen molar-refractivity contribution in [2.75, 3.05) is 39.6 Å². The zero-order chi connectivity index (χ0) is 69.1. The Labute approximate surface area is 575 Å². The number of esters is 4. The van der Waals surface area contributed by atoms with Crippen LogP contribution >= 0.6 is 15.6 Å². The molecule has 0 amide bonds. The molecule has 0 fully saturated rings. The molecule has 17 nitrogen and oxygen atoms in total. The number of aliphatic hydroxyl groups excluding tert-OH is 1. The van der Waals surface area contributed by atoms with Crippen molar-refractivity contribution >= 4 is 39.5 Å². The summed E-state index contributed by atoms with van der Waals surface area (Å²) in [4.78, 5) is 72.6. The van der Waals surface area contributed by atoms with Gasteiger partial charge in [0.25, 0.3) is 0 Å². The molecule has 0 aromatic rings. The standard InChI is InChI=1S/C75H146O17P2/c1-6-9-12-15-18-21-23-25-27-28-29-30-31-32-33-34-36-38-41-44-50-55-60-74(79)91-70(64-86-73(78)59-54-49-43-40-37-35-26-24-22-19-16-13-10-7-2)66-89-93(81,82)87-62-69(76)63-88-94(83,84)90-67-71(92-75(80)61-56-51-46-45-47-52-57-68(4)5)65-85-72(77)58-53-48-42-39-20-17-14-11-8-3/h68-71,76H,6-67H2,1-5H3,(H,81,82)(H,83,84)/t69-,70-,71-/m1/s1. The molecule has 0 rings (SSSR count). The second-order valence-electron chi connectivity index (χ2n) is 27.5. The summed E-state index contributed by atoms with van der Waals surface area (Å²) in [7, 11) is -9.90. The van der Waals surface area contributed by atoms with Crippen LogP contribution in [0.15, 0.2) is 0 Å². The molecule has 0 saturated heterocycles. The lowest BCUT2D eigenvalue weighted by Crippen LogP contribution is -2.30. The average Bonchev–Trinajstić information content (AvgIpc) is 1.30. The molecular weight excluding hydrogens is 1230 g/mol. The molecule has 0 aliphatic rings. The summed E-state index contributed by atoms with van der Waals surface area (Å²) in [5, 5.41) is 10.6. The molecule has 0 saturated carbocycles. The Morgan fingerprint density at radius 3 is 0.723 bits per heavy atom. The molecular formula is C75H146O17P2. The first-order chi connectivity index (χ1) is 45.5. The molecule has 0 aliphatic heterocycles. The van der Waals surface area contributed by atoms with Crippen LogP contribution < -0.4 is 0 Å². The van der Waals surface area contributed by atoms with Gasteiger partial charge in [0.05, 0.1) is 26.4 Å². The van der Waals surface area contributed by atoms with Gasteiger partial charge in [-0.1, -0.05) is 343 Å². The van der Waals surface area contributed by atoms with Gasteiger partial charge in [-0.05, 0) is 31.6 Å². The highest BCUT2D eigenvalue weighted by atomic mass is 31.2. The van der Waals surface area contributed by atoms with Gasteiger partial charge in [-0.25, -0.2) is 9.13 Å². The molecule has 19 heteroatoms. The van der Waals surface area contributed by atoms with Crippen LogP contribution in [0.2, 0.25) is 0 Å². The molecule has 0 heterocycles. The molecule has 0 aliphatic carbocycles. The molecule has 558 valence electrons. The van der Waals surface area contributed by atoms with Gasteiger partial charge in [0.1, 0.15) is 19.3 Å². The first-order valence-electron chi connectivity index (χ1n) is 39.1. The van der Waals surface area contributed by atoms with Crippen molar-refractivity contribution in [3.05, 3.63) is 0 Å². The Hall–Kier alpha value is -1.94. The van der Waals surface area contributed by atoms with E-state index in [1.807, 2.05) is 0 Å². The van der Waals surface area contributed by atoms with Crippen LogP contribution in [0.4, 0.5) is 0 Å². The molecule has 0 bridgehead atoms. The van der Waals surface area contributed by atoms with Crippen molar-refractivity contribution in [3.8, 4) is 0 Å². The van der Waals surface area contributed by atoms with Crippen LogP contribution in [0, 0.1) is 5.92 Å². The van der Waals surface area contributed by atoms with Gasteiger partial charge in [0.15, 0.2) is 12.2 Å². The largest absolute Gasteiger partial charge is 0.472 e. The van der Waals surface area contributed by atoms with E-state index in [4.69, 9.17) is 37.0 Å². The van der Waals surface area contributed by atoms with E-state index in [-0.39, 0.29) is 25.7 Å². The molecule has 5 atom stereocenters. The third kappa shape index (κ3) is 68.6. The van der Waals surface area contributed by atoms with E-state index < -0.39 is 97.5 Å². The van der Waals surface area contributed by atoms with Crippen molar-refractivity contribution in [2.24, 2.45) is 5.92 Å². The molecule has 0 aromatic carbocycles. The Kier molecular flexibility index (Phi) is 66.8. The lowest BCUT2D eigenvalue weighted by Gasteiger charge is -2.21. The van der Waals surface area contributed by atoms with Crippen LogP contribution in [0.3, 0.4) is 0 Å². The predicted octanol–water partition coefficient (Wildman–Crippen LogP) is 22.1. The molecule has 2 unspecified atom stereocenters. The smallest absolute Gasteiger partial charge is 0.462 e. The lowest BCUT2D eigenvalue weighted by atomic mass is 10.0. The number of aliphatic hydroxyl groups is 1. The minimum atomic E-state index is -4.95. The molecule has 3 N–H and O–H groups in total. The Morgan fingerprint density at radius 1 is 0.287 bits per heavy atom. The fourth-order valence-corrected chi connectivity index (χ4v) is 13.1. The van der Waals surface area contributed by atoms with E-state index in [9.17, 15) is 43.2 Å². The fourth-order valence-electron chi connectivity index (χ4n) is 11.5. The summed E-state index contributed by atoms with van der Waals surface area (Å²) >= 11 is 0. The van der Waals surface area contributed by atoms with Crippen molar-refractivity contribution in [3.63, 3.8) is 0 Å². The van der Waals surface area contributed by atoms with Gasteiger partial charge >= 0.3 is 39.5 Å². The van der Waals surface area contributed by atoms with Crippen LogP contribution in [-0.4, -0.2) is 96.7 Å². The van der Waals surface area contributed by atoms with Gasteiger partial charge < -0.3 is 33.8 Å². The molecule has 0 radical (unpaired) electrons. The topological polar surface area (TPSA) is 237 Å². The van der Waals surface area contributed by atoms with Crippen molar-refractivity contribution in [1.29, 1.82) is 0 Å². The summed E-state index contributed by atoms with van der Waals surface area (Å²) in [6.45, 7) is 7.17. The first-order valence-corrected chi connectivity index (χ1v) is 42.1. The molecule has 94 heavy (non-hydrogen) atoms. The monoisotopic (exact) mass is 1380 g/mol. The Bertz CT molecular complexity index is 1810. The minimum Gasteiger partial charge on any atom is -0.462 e. The second kappa shape index (κ2) is 68.2. The minimum absolute atomic E-state index is 0.103. The van der Waals surface area contributed by atoms with Crippen LogP contribution in [-0.2, 0) is 65.4 Å². The van der Waals surface area contributed by atoms with Crippen LogP contribution in [0.1, 0.15) is 394 Å². The SMILES string of the molecule is CCCCCCCCCCCCCCCCCCCCCCCCC(=O)O[C@H](COC(=O)CCCCCCCCCCCCCCCC)COP(=O)(O)OC[C@@H](O)COP(=O)(O)OC[C@@H](COC(=O)CCCCCCCCCCC)OC(=O)CCCCCCCCC(C)C. The number of ether oxygens (including phenoxy) is 4. The number of unbranched alkanes of at least 4 members (excludes halogenated alkanes) is 47. The van der Waals surface area contributed by atoms with Gasteiger partial charge in [0.2, 0.25) is 0 Å². The van der Waals surface area contributed by atoms with E-state index in [1.54, 1.807) is 0 Å². The highest BCUT2D eigenvalue weighted by molar-refractivity contribution is 7.47. The third-order valence-electron chi connectivity index (χ3n) is 17.5. The van der Waals surface area contributed by atoms with Gasteiger partial charge in [-0.3, -0.25) is 37.3 Å². The molecule has 0 aromatic heterocycles. The summed E-state index contributed by atoms with van der Waals surface area (Å²) in [6.07, 6.45) is 57.3. The zero-order valence-electron chi connectivity index (χ0n) is 61.1. The van der Waals surface area contributed by atoms with E-state index in [0.717, 1.165) is 89.9 Å². The Balaban J connectivity index is 5.15. The first kappa shape index (κ1) is 92.1. The van der Waals surface area contributed by atoms with Crippen LogP contribution in [0.5, 0.6) is 0 Å². The van der Waals surface area contributed by atoms with E-state index >= 15 is 0 Å². The number of phosphoric acid groups is 2. The van der Waals surface area contributed by atoms with E-state index in [2.05, 4.69) is 34.6 Å². The lowest BCUT2D eigenvalue weighted by molar-refractivity contribution is -0.161. The normalized spacial score (nSPS) is 14.0. The van der Waals surface area contributed by atoms with Crippen molar-refractivity contribution in [1.82, 2.24) is 0 Å². The third-order valence-corrected chi connectivity index (χ3v) is 19.4. The van der Waals surface area contributed by atoms with Crippen molar-refractivity contribution in [2.45, 2.75) is 412 Å². The summed E-state index contributed by atoms with van der Waals surface area (Å²) in [5.74, 6) is -1.45. The number of carbonyl (C=O) groups is 4. The van der Waals surface area contributed by atoms with E-state index in [1.165, 1.54) is 218 Å². The fraction of sp³-hybridized carbons (Fsp3) is 0.947. The highest BCUT2D eigenvalue weighted by Gasteiger charge is 2.30. The predicted molar refractivity (Wildman–Crippen MR) is 382 cm³/mol. The maximum absolute atomic E-state index is 13.1. The number of carbonyl (C=O) groups excluding carboxylic acids is 4. The van der Waals surface area contributed by atoms with Gasteiger partial charge in [-0.15, -0.1) is 0 Å².